The SMILES string of the molecule is CCCc1nc2cc(Cl)cnc2n1CCCC(=O)O. The van der Waals surface area contributed by atoms with Crippen LogP contribution in [0.3, 0.4) is 0 Å². The van der Waals surface area contributed by atoms with Gasteiger partial charge in [-0.25, -0.2) is 9.97 Å². The first-order chi connectivity index (χ1) is 9.11. The summed E-state index contributed by atoms with van der Waals surface area (Å²) >= 11 is 5.91. The molecule has 0 saturated carbocycles. The summed E-state index contributed by atoms with van der Waals surface area (Å²) in [6.45, 7) is 2.70. The highest BCUT2D eigenvalue weighted by Gasteiger charge is 2.12. The minimum absolute atomic E-state index is 0.152. The molecule has 2 aromatic heterocycles. The lowest BCUT2D eigenvalue weighted by molar-refractivity contribution is -0.137. The molecule has 0 unspecified atom stereocenters. The Morgan fingerprint density at radius 2 is 2.32 bits per heavy atom. The van der Waals surface area contributed by atoms with Crippen molar-refractivity contribution < 1.29 is 9.90 Å². The van der Waals surface area contributed by atoms with Gasteiger partial charge in [-0.2, -0.15) is 0 Å². The Balaban J connectivity index is 2.31. The Hall–Kier alpha value is -1.62. The summed E-state index contributed by atoms with van der Waals surface area (Å²) in [7, 11) is 0. The van der Waals surface area contributed by atoms with Crippen molar-refractivity contribution in [1.82, 2.24) is 14.5 Å². The number of carbonyl (C=O) groups is 1. The van der Waals surface area contributed by atoms with Crippen LogP contribution in [0.15, 0.2) is 12.3 Å². The molecule has 2 aromatic rings. The number of aliphatic carboxylic acids is 1. The van der Waals surface area contributed by atoms with Crippen LogP contribution in [0.5, 0.6) is 0 Å². The van der Waals surface area contributed by atoms with Gasteiger partial charge in [-0.1, -0.05) is 18.5 Å². The number of carboxylic acids is 1. The number of carboxylic acid groups (broad SMARTS) is 1. The van der Waals surface area contributed by atoms with Crippen LogP contribution in [0.25, 0.3) is 11.2 Å². The maximum Gasteiger partial charge on any atom is 0.303 e. The van der Waals surface area contributed by atoms with Gasteiger partial charge in [0.2, 0.25) is 0 Å². The minimum Gasteiger partial charge on any atom is -0.481 e. The molecule has 2 rings (SSSR count). The van der Waals surface area contributed by atoms with Crippen molar-refractivity contribution in [2.75, 3.05) is 0 Å². The Morgan fingerprint density at radius 3 is 3.00 bits per heavy atom. The first-order valence-corrected chi connectivity index (χ1v) is 6.72. The van der Waals surface area contributed by atoms with Crippen molar-refractivity contribution in [3.05, 3.63) is 23.1 Å². The molecule has 0 saturated heterocycles. The van der Waals surface area contributed by atoms with Crippen LogP contribution in [0.2, 0.25) is 5.02 Å². The summed E-state index contributed by atoms with van der Waals surface area (Å²) < 4.78 is 2.00. The smallest absolute Gasteiger partial charge is 0.303 e. The fraction of sp³-hybridized carbons (Fsp3) is 0.462. The molecule has 0 spiro atoms. The molecule has 6 heteroatoms. The number of pyridine rings is 1. The number of fused-ring (bicyclic) bond motifs is 1. The highest BCUT2D eigenvalue weighted by atomic mass is 35.5. The van der Waals surface area contributed by atoms with Crippen molar-refractivity contribution in [2.24, 2.45) is 0 Å². The first kappa shape index (κ1) is 13.8. The number of rotatable bonds is 6. The Bertz CT molecular complexity index is 595. The number of imidazole rings is 1. The van der Waals surface area contributed by atoms with Crippen LogP contribution < -0.4 is 0 Å². The van der Waals surface area contributed by atoms with E-state index >= 15 is 0 Å². The van der Waals surface area contributed by atoms with Crippen molar-refractivity contribution in [3.63, 3.8) is 0 Å². The number of hydrogen-bond acceptors (Lipinski definition) is 3. The molecule has 0 aromatic carbocycles. The molecule has 0 amide bonds. The molecule has 0 aliphatic rings. The molecule has 0 bridgehead atoms. The predicted molar refractivity (Wildman–Crippen MR) is 73.4 cm³/mol. The van der Waals surface area contributed by atoms with E-state index < -0.39 is 5.97 Å². The minimum atomic E-state index is -0.780. The molecular formula is C13H16ClN3O2. The zero-order valence-electron chi connectivity index (χ0n) is 10.8. The monoisotopic (exact) mass is 281 g/mol. The van der Waals surface area contributed by atoms with Crippen LogP contribution in [0.1, 0.15) is 32.0 Å². The van der Waals surface area contributed by atoms with E-state index in [9.17, 15) is 4.79 Å². The second-order valence-electron chi connectivity index (χ2n) is 4.42. The largest absolute Gasteiger partial charge is 0.481 e. The van der Waals surface area contributed by atoms with E-state index in [1.165, 1.54) is 0 Å². The first-order valence-electron chi connectivity index (χ1n) is 6.34. The van der Waals surface area contributed by atoms with Crippen molar-refractivity contribution in [1.29, 1.82) is 0 Å². The highest BCUT2D eigenvalue weighted by Crippen LogP contribution is 2.19. The topological polar surface area (TPSA) is 68.0 Å². The summed E-state index contributed by atoms with van der Waals surface area (Å²) in [5.41, 5.74) is 1.55. The lowest BCUT2D eigenvalue weighted by Gasteiger charge is -2.06. The molecule has 0 aliphatic carbocycles. The van der Waals surface area contributed by atoms with Gasteiger partial charge >= 0.3 is 5.97 Å². The van der Waals surface area contributed by atoms with E-state index in [4.69, 9.17) is 16.7 Å². The van der Waals surface area contributed by atoms with Gasteiger partial charge in [-0.05, 0) is 18.9 Å². The number of nitrogens with zero attached hydrogens (tertiary/aromatic N) is 3. The zero-order valence-corrected chi connectivity index (χ0v) is 11.5. The summed E-state index contributed by atoms with van der Waals surface area (Å²) in [5, 5.41) is 9.27. The molecule has 0 aliphatic heterocycles. The van der Waals surface area contributed by atoms with Gasteiger partial charge < -0.3 is 9.67 Å². The average Bonchev–Trinajstić information content (AvgIpc) is 2.66. The van der Waals surface area contributed by atoms with Gasteiger partial charge in [0, 0.05) is 25.6 Å². The second-order valence-corrected chi connectivity index (χ2v) is 4.86. The van der Waals surface area contributed by atoms with Gasteiger partial charge in [0.25, 0.3) is 0 Å². The number of aromatic nitrogens is 3. The lowest BCUT2D eigenvalue weighted by atomic mass is 10.3. The Labute approximate surface area is 116 Å². The van der Waals surface area contributed by atoms with E-state index in [0.717, 1.165) is 29.8 Å². The maximum atomic E-state index is 10.6. The van der Waals surface area contributed by atoms with Gasteiger partial charge in [-0.3, -0.25) is 4.79 Å². The third-order valence-electron chi connectivity index (χ3n) is 2.88. The van der Waals surface area contributed by atoms with E-state index in [1.807, 2.05) is 4.57 Å². The van der Waals surface area contributed by atoms with E-state index in [-0.39, 0.29) is 6.42 Å². The summed E-state index contributed by atoms with van der Waals surface area (Å²) in [6.07, 6.45) is 4.15. The average molecular weight is 282 g/mol. The zero-order chi connectivity index (χ0) is 13.8. The van der Waals surface area contributed by atoms with Gasteiger partial charge in [0.1, 0.15) is 11.3 Å². The molecule has 0 radical (unpaired) electrons. The molecule has 0 atom stereocenters. The Kier molecular flexibility index (Phi) is 4.37. The third kappa shape index (κ3) is 3.23. The summed E-state index contributed by atoms with van der Waals surface area (Å²) in [6, 6.07) is 1.79. The standard InChI is InChI=1S/C13H16ClN3O2/c1-2-4-11-16-10-7-9(14)8-15-13(10)17(11)6-3-5-12(18)19/h7-8H,2-6H2,1H3,(H,18,19). The van der Waals surface area contributed by atoms with Crippen molar-refractivity contribution in [2.45, 2.75) is 39.2 Å². The van der Waals surface area contributed by atoms with Gasteiger partial charge in [0.05, 0.1) is 5.02 Å². The maximum absolute atomic E-state index is 10.6. The normalized spacial score (nSPS) is 11.1. The van der Waals surface area contributed by atoms with Crippen LogP contribution in [0, 0.1) is 0 Å². The van der Waals surface area contributed by atoms with Crippen molar-refractivity contribution >= 4 is 28.7 Å². The number of halogens is 1. The fourth-order valence-corrected chi connectivity index (χ4v) is 2.22. The quantitative estimate of drug-likeness (QED) is 0.884. The number of aryl methyl sites for hydroxylation is 2. The number of hydrogen-bond donors (Lipinski definition) is 1. The second kappa shape index (κ2) is 6.02. The molecule has 102 valence electrons. The van der Waals surface area contributed by atoms with Gasteiger partial charge in [0.15, 0.2) is 5.65 Å². The highest BCUT2D eigenvalue weighted by molar-refractivity contribution is 6.31. The predicted octanol–water partition coefficient (Wildman–Crippen LogP) is 2.90. The molecule has 2 heterocycles. The van der Waals surface area contributed by atoms with Gasteiger partial charge in [-0.15, -0.1) is 0 Å². The van der Waals surface area contributed by atoms with Crippen molar-refractivity contribution in [3.8, 4) is 0 Å². The molecule has 0 fully saturated rings. The Morgan fingerprint density at radius 1 is 1.53 bits per heavy atom. The van der Waals surface area contributed by atoms with Crippen LogP contribution in [-0.4, -0.2) is 25.6 Å². The molecule has 19 heavy (non-hydrogen) atoms. The molecular weight excluding hydrogens is 266 g/mol. The van der Waals surface area contributed by atoms with E-state index in [0.29, 0.717) is 18.0 Å². The van der Waals surface area contributed by atoms with E-state index in [1.54, 1.807) is 12.3 Å². The summed E-state index contributed by atoms with van der Waals surface area (Å²) in [5.74, 6) is 0.162. The van der Waals surface area contributed by atoms with E-state index in [2.05, 4.69) is 16.9 Å². The van der Waals surface area contributed by atoms with Crippen LogP contribution in [0.4, 0.5) is 0 Å². The van der Waals surface area contributed by atoms with Crippen LogP contribution in [-0.2, 0) is 17.8 Å². The fourth-order valence-electron chi connectivity index (χ4n) is 2.07. The van der Waals surface area contributed by atoms with Crippen LogP contribution >= 0.6 is 11.6 Å². The molecule has 1 N–H and O–H groups in total. The molecule has 5 nitrogen and oxygen atoms in total. The summed E-state index contributed by atoms with van der Waals surface area (Å²) in [4.78, 5) is 19.4. The lowest BCUT2D eigenvalue weighted by Crippen LogP contribution is -2.06. The third-order valence-corrected chi connectivity index (χ3v) is 3.08.